The zero-order valence-corrected chi connectivity index (χ0v) is 15.5. The van der Waals surface area contributed by atoms with Gasteiger partial charge >= 0.3 is 0 Å². The molecule has 0 aliphatic carbocycles. The molecule has 26 heavy (non-hydrogen) atoms. The summed E-state index contributed by atoms with van der Waals surface area (Å²) in [5.41, 5.74) is 0. The minimum absolute atomic E-state index is 0.111. The number of rotatable bonds is 8. The van der Waals surface area contributed by atoms with E-state index in [0.29, 0.717) is 6.54 Å². The Labute approximate surface area is 157 Å². The van der Waals surface area contributed by atoms with Crippen molar-refractivity contribution in [2.24, 2.45) is 0 Å². The van der Waals surface area contributed by atoms with Crippen molar-refractivity contribution in [1.82, 2.24) is 15.5 Å². The van der Waals surface area contributed by atoms with Gasteiger partial charge in [-0.25, -0.2) is 4.39 Å². The predicted molar refractivity (Wildman–Crippen MR) is 96.6 cm³/mol. The summed E-state index contributed by atoms with van der Waals surface area (Å²) in [5, 5.41) is 12.8. The van der Waals surface area contributed by atoms with Gasteiger partial charge in [-0.05, 0) is 30.5 Å². The largest absolute Gasteiger partial charge is 0.478 e. The highest BCUT2D eigenvalue weighted by atomic mass is 32.2. The summed E-state index contributed by atoms with van der Waals surface area (Å²) in [6, 6.07) is 9.99. The van der Waals surface area contributed by atoms with Crippen molar-refractivity contribution in [3.05, 3.63) is 58.4 Å². The molecule has 9 heteroatoms. The fourth-order valence-electron chi connectivity index (χ4n) is 2.00. The van der Waals surface area contributed by atoms with E-state index in [9.17, 15) is 9.18 Å². The normalized spacial score (nSPS) is 11.9. The van der Waals surface area contributed by atoms with Gasteiger partial charge in [-0.15, -0.1) is 21.5 Å². The zero-order valence-electron chi connectivity index (χ0n) is 13.8. The van der Waals surface area contributed by atoms with Crippen LogP contribution in [-0.2, 0) is 11.3 Å². The predicted octanol–water partition coefficient (Wildman–Crippen LogP) is 3.82. The molecule has 136 valence electrons. The number of benzene rings is 1. The molecule has 0 aliphatic rings. The molecule has 6 nitrogen and oxygen atoms in total. The number of nitrogens with one attached hydrogen (secondary N) is 1. The molecule has 0 bridgehead atoms. The highest BCUT2D eigenvalue weighted by Crippen LogP contribution is 2.25. The lowest BCUT2D eigenvalue weighted by molar-refractivity contribution is -0.118. The van der Waals surface area contributed by atoms with E-state index in [1.54, 1.807) is 30.4 Å². The summed E-state index contributed by atoms with van der Waals surface area (Å²) in [6.45, 7) is 2.18. The summed E-state index contributed by atoms with van der Waals surface area (Å²) in [7, 11) is 0. The van der Waals surface area contributed by atoms with Gasteiger partial charge in [0.2, 0.25) is 5.91 Å². The second-order valence-corrected chi connectivity index (χ2v) is 7.20. The van der Waals surface area contributed by atoms with Gasteiger partial charge in [-0.1, -0.05) is 30.0 Å². The van der Waals surface area contributed by atoms with Crippen molar-refractivity contribution in [3.63, 3.8) is 0 Å². The van der Waals surface area contributed by atoms with E-state index in [2.05, 4.69) is 15.5 Å². The van der Waals surface area contributed by atoms with Gasteiger partial charge in [0, 0.05) is 4.88 Å². The Hall–Kier alpha value is -2.39. The van der Waals surface area contributed by atoms with Crippen molar-refractivity contribution in [3.8, 4) is 5.75 Å². The first kappa shape index (κ1) is 18.4. The average molecular weight is 393 g/mol. The van der Waals surface area contributed by atoms with Crippen LogP contribution in [-0.4, -0.2) is 21.9 Å². The SMILES string of the molecule is CC(Oc1ccccc1F)c1nnc(SCC(=O)NCc2cccs2)o1. The zero-order chi connectivity index (χ0) is 18.4. The molecule has 2 heterocycles. The van der Waals surface area contributed by atoms with E-state index < -0.39 is 11.9 Å². The minimum Gasteiger partial charge on any atom is -0.478 e. The second kappa shape index (κ2) is 8.81. The standard InChI is InChI=1S/C17H16FN3O3S2/c1-11(23-14-7-3-2-6-13(14)18)16-20-21-17(24-16)26-10-15(22)19-9-12-5-4-8-25-12/h2-8,11H,9-10H2,1H3,(H,19,22). The Balaban J connectivity index is 1.48. The number of ether oxygens (including phenoxy) is 1. The van der Waals surface area contributed by atoms with Crippen molar-refractivity contribution < 1.29 is 18.3 Å². The van der Waals surface area contributed by atoms with E-state index in [0.717, 1.165) is 16.6 Å². The first-order valence-electron chi connectivity index (χ1n) is 7.78. The third-order valence-corrected chi connectivity index (χ3v) is 4.97. The van der Waals surface area contributed by atoms with Gasteiger partial charge in [0.15, 0.2) is 17.7 Å². The molecule has 2 aromatic heterocycles. The number of carbonyl (C=O) groups excluding carboxylic acids is 1. The van der Waals surface area contributed by atoms with Gasteiger partial charge in [0.05, 0.1) is 12.3 Å². The lowest BCUT2D eigenvalue weighted by atomic mass is 10.3. The maximum absolute atomic E-state index is 13.6. The molecule has 0 radical (unpaired) electrons. The van der Waals surface area contributed by atoms with Crippen molar-refractivity contribution in [1.29, 1.82) is 0 Å². The number of carbonyl (C=O) groups is 1. The van der Waals surface area contributed by atoms with Crippen LogP contribution >= 0.6 is 23.1 Å². The molecule has 3 aromatic rings. The van der Waals surface area contributed by atoms with E-state index in [4.69, 9.17) is 9.15 Å². The van der Waals surface area contributed by atoms with Gasteiger partial charge in [-0.3, -0.25) is 4.79 Å². The summed E-state index contributed by atoms with van der Waals surface area (Å²) in [5.74, 6) is -0.0972. The van der Waals surface area contributed by atoms with Gasteiger partial charge in [0.1, 0.15) is 0 Å². The average Bonchev–Trinajstić information content (AvgIpc) is 3.32. The Morgan fingerprint density at radius 1 is 1.35 bits per heavy atom. The number of amides is 1. The second-order valence-electron chi connectivity index (χ2n) is 5.24. The molecule has 0 saturated heterocycles. The summed E-state index contributed by atoms with van der Waals surface area (Å²) < 4.78 is 24.6. The monoisotopic (exact) mass is 393 g/mol. The van der Waals surface area contributed by atoms with Crippen LogP contribution in [0.1, 0.15) is 23.8 Å². The fraction of sp³-hybridized carbons (Fsp3) is 0.235. The number of thioether (sulfide) groups is 1. The molecule has 1 atom stereocenters. The van der Waals surface area contributed by atoms with Gasteiger partial charge in [-0.2, -0.15) is 0 Å². The van der Waals surface area contributed by atoms with Crippen LogP contribution in [0, 0.1) is 5.82 Å². The minimum atomic E-state index is -0.610. The maximum Gasteiger partial charge on any atom is 0.277 e. The van der Waals surface area contributed by atoms with E-state index in [1.165, 1.54) is 12.1 Å². The smallest absolute Gasteiger partial charge is 0.277 e. The quantitative estimate of drug-likeness (QED) is 0.586. The number of hydrogen-bond donors (Lipinski definition) is 1. The molecule has 1 amide bonds. The molecular formula is C17H16FN3O3S2. The number of thiophene rings is 1. The molecule has 0 spiro atoms. The number of aromatic nitrogens is 2. The van der Waals surface area contributed by atoms with Crippen molar-refractivity contribution in [2.75, 3.05) is 5.75 Å². The molecule has 1 aromatic carbocycles. The van der Waals surface area contributed by atoms with Crippen LogP contribution in [0.2, 0.25) is 0 Å². The van der Waals surface area contributed by atoms with Crippen LogP contribution in [0.25, 0.3) is 0 Å². The molecule has 0 aliphatic heterocycles. The van der Waals surface area contributed by atoms with E-state index in [1.807, 2.05) is 17.5 Å². The Morgan fingerprint density at radius 2 is 2.19 bits per heavy atom. The Morgan fingerprint density at radius 3 is 2.96 bits per heavy atom. The van der Waals surface area contributed by atoms with Crippen LogP contribution in [0.3, 0.4) is 0 Å². The molecule has 0 fully saturated rings. The molecule has 3 rings (SSSR count). The van der Waals surface area contributed by atoms with Crippen LogP contribution in [0.15, 0.2) is 51.4 Å². The maximum atomic E-state index is 13.6. The van der Waals surface area contributed by atoms with Crippen molar-refractivity contribution in [2.45, 2.75) is 24.8 Å². The summed E-state index contributed by atoms with van der Waals surface area (Å²) >= 11 is 2.72. The molecule has 0 saturated carbocycles. The van der Waals surface area contributed by atoms with Crippen LogP contribution in [0.4, 0.5) is 4.39 Å². The van der Waals surface area contributed by atoms with E-state index in [-0.39, 0.29) is 28.5 Å². The van der Waals surface area contributed by atoms with Crippen molar-refractivity contribution >= 4 is 29.0 Å². The third-order valence-electron chi connectivity index (χ3n) is 3.28. The molecular weight excluding hydrogens is 377 g/mol. The topological polar surface area (TPSA) is 77.2 Å². The number of para-hydroxylation sites is 1. The highest BCUT2D eigenvalue weighted by molar-refractivity contribution is 7.99. The van der Waals surface area contributed by atoms with Gasteiger partial charge < -0.3 is 14.5 Å². The van der Waals surface area contributed by atoms with Crippen LogP contribution < -0.4 is 10.1 Å². The number of halogens is 1. The number of hydrogen-bond acceptors (Lipinski definition) is 7. The summed E-state index contributed by atoms with van der Waals surface area (Å²) in [4.78, 5) is 12.9. The summed E-state index contributed by atoms with van der Waals surface area (Å²) in [6.07, 6.45) is -0.610. The van der Waals surface area contributed by atoms with Crippen LogP contribution in [0.5, 0.6) is 5.75 Å². The molecule has 1 unspecified atom stereocenters. The highest BCUT2D eigenvalue weighted by Gasteiger charge is 2.18. The Bertz CT molecular complexity index is 855. The molecule has 1 N–H and O–H groups in total. The lowest BCUT2D eigenvalue weighted by Crippen LogP contribution is -2.24. The Kier molecular flexibility index (Phi) is 6.24. The van der Waals surface area contributed by atoms with E-state index >= 15 is 0 Å². The third kappa shape index (κ3) is 5.06. The fourth-order valence-corrected chi connectivity index (χ4v) is 3.25. The number of nitrogens with zero attached hydrogens (tertiary/aromatic N) is 2. The lowest BCUT2D eigenvalue weighted by Gasteiger charge is -2.11. The first-order chi connectivity index (χ1) is 12.6. The van der Waals surface area contributed by atoms with Gasteiger partial charge in [0.25, 0.3) is 11.1 Å². The first-order valence-corrected chi connectivity index (χ1v) is 9.65.